The van der Waals surface area contributed by atoms with Crippen LogP contribution in [-0.2, 0) is 6.54 Å². The average molecular weight is 260 g/mol. The Balaban J connectivity index is 2.18. The minimum absolute atomic E-state index is 0.346. The molecule has 102 valence electrons. The standard InChI is InChI=1S/C14H20N4O/c1-10-7-11(2)17-14(16-10)18-6-4-5-13(18)9-15-8-12(3)19/h4-7,12,15,19H,8-9H2,1-3H3. The Labute approximate surface area is 113 Å². The van der Waals surface area contributed by atoms with Gasteiger partial charge in [-0.2, -0.15) is 0 Å². The van der Waals surface area contributed by atoms with E-state index in [0.29, 0.717) is 19.0 Å². The maximum absolute atomic E-state index is 9.25. The minimum Gasteiger partial charge on any atom is -0.392 e. The Morgan fingerprint density at radius 2 is 2.00 bits per heavy atom. The third-order valence-corrected chi connectivity index (χ3v) is 2.76. The number of hydrogen-bond donors (Lipinski definition) is 2. The Bertz CT molecular complexity index is 528. The third-order valence-electron chi connectivity index (χ3n) is 2.76. The average Bonchev–Trinajstić information content (AvgIpc) is 2.75. The zero-order valence-corrected chi connectivity index (χ0v) is 11.6. The van der Waals surface area contributed by atoms with Crippen molar-refractivity contribution in [3.63, 3.8) is 0 Å². The highest BCUT2D eigenvalue weighted by Crippen LogP contribution is 2.10. The smallest absolute Gasteiger partial charge is 0.234 e. The summed E-state index contributed by atoms with van der Waals surface area (Å²) >= 11 is 0. The summed E-state index contributed by atoms with van der Waals surface area (Å²) in [5.74, 6) is 0.691. The lowest BCUT2D eigenvalue weighted by Crippen LogP contribution is -2.25. The number of aryl methyl sites for hydroxylation is 2. The van der Waals surface area contributed by atoms with Gasteiger partial charge in [-0.15, -0.1) is 0 Å². The fourth-order valence-electron chi connectivity index (χ4n) is 1.98. The van der Waals surface area contributed by atoms with Crippen molar-refractivity contribution in [2.24, 2.45) is 0 Å². The van der Waals surface area contributed by atoms with Crippen molar-refractivity contribution in [2.45, 2.75) is 33.4 Å². The SMILES string of the molecule is Cc1cc(C)nc(-n2cccc2CNCC(C)O)n1. The molecule has 19 heavy (non-hydrogen) atoms. The molecule has 2 heterocycles. The van der Waals surface area contributed by atoms with Gasteiger partial charge in [0, 0.05) is 36.4 Å². The van der Waals surface area contributed by atoms with E-state index in [4.69, 9.17) is 0 Å². The lowest BCUT2D eigenvalue weighted by molar-refractivity contribution is 0.190. The van der Waals surface area contributed by atoms with E-state index in [-0.39, 0.29) is 6.10 Å². The zero-order chi connectivity index (χ0) is 13.8. The van der Waals surface area contributed by atoms with E-state index in [1.807, 2.05) is 42.8 Å². The van der Waals surface area contributed by atoms with Gasteiger partial charge in [0.05, 0.1) is 6.10 Å². The molecule has 0 aliphatic rings. The quantitative estimate of drug-likeness (QED) is 0.852. The van der Waals surface area contributed by atoms with Crippen LogP contribution < -0.4 is 5.32 Å². The number of rotatable bonds is 5. The maximum Gasteiger partial charge on any atom is 0.234 e. The van der Waals surface area contributed by atoms with Gasteiger partial charge in [-0.3, -0.25) is 4.57 Å². The van der Waals surface area contributed by atoms with Crippen LogP contribution in [0.3, 0.4) is 0 Å². The van der Waals surface area contributed by atoms with Gasteiger partial charge < -0.3 is 10.4 Å². The van der Waals surface area contributed by atoms with Gasteiger partial charge >= 0.3 is 0 Å². The first-order valence-electron chi connectivity index (χ1n) is 6.44. The summed E-state index contributed by atoms with van der Waals surface area (Å²) in [6.45, 7) is 6.94. The molecule has 0 aliphatic carbocycles. The van der Waals surface area contributed by atoms with Crippen molar-refractivity contribution in [2.75, 3.05) is 6.54 Å². The zero-order valence-electron chi connectivity index (χ0n) is 11.6. The van der Waals surface area contributed by atoms with Crippen LogP contribution in [0.15, 0.2) is 24.4 Å². The normalized spacial score (nSPS) is 12.6. The molecule has 0 amide bonds. The number of hydrogen-bond acceptors (Lipinski definition) is 4. The first-order valence-corrected chi connectivity index (χ1v) is 6.44. The second kappa shape index (κ2) is 5.95. The molecule has 0 aliphatic heterocycles. The predicted octanol–water partition coefficient (Wildman–Crippen LogP) is 1.35. The maximum atomic E-state index is 9.25. The van der Waals surface area contributed by atoms with Gasteiger partial charge in [0.2, 0.25) is 5.95 Å². The molecular weight excluding hydrogens is 240 g/mol. The molecule has 2 aromatic heterocycles. The second-order valence-corrected chi connectivity index (χ2v) is 4.80. The van der Waals surface area contributed by atoms with Crippen LogP contribution in [-0.4, -0.2) is 32.3 Å². The van der Waals surface area contributed by atoms with Gasteiger partial charge in [-0.1, -0.05) is 0 Å². The molecule has 0 saturated heterocycles. The van der Waals surface area contributed by atoms with Gasteiger partial charge in [0.25, 0.3) is 0 Å². The highest BCUT2D eigenvalue weighted by Gasteiger charge is 2.07. The van der Waals surface area contributed by atoms with E-state index in [0.717, 1.165) is 17.1 Å². The molecule has 0 radical (unpaired) electrons. The number of aliphatic hydroxyl groups excluding tert-OH is 1. The van der Waals surface area contributed by atoms with Crippen LogP contribution in [0.5, 0.6) is 0 Å². The molecule has 2 rings (SSSR count). The summed E-state index contributed by atoms with van der Waals surface area (Å²) < 4.78 is 1.97. The number of nitrogens with one attached hydrogen (secondary N) is 1. The highest BCUT2D eigenvalue weighted by atomic mass is 16.3. The van der Waals surface area contributed by atoms with Crippen LogP contribution >= 0.6 is 0 Å². The van der Waals surface area contributed by atoms with Crippen LogP contribution in [0.4, 0.5) is 0 Å². The van der Waals surface area contributed by atoms with Gasteiger partial charge in [-0.05, 0) is 39.0 Å². The molecule has 5 heteroatoms. The van der Waals surface area contributed by atoms with Crippen LogP contribution in [0.2, 0.25) is 0 Å². The van der Waals surface area contributed by atoms with E-state index in [1.54, 1.807) is 6.92 Å². The predicted molar refractivity (Wildman–Crippen MR) is 74.2 cm³/mol. The first kappa shape index (κ1) is 13.7. The molecule has 0 spiro atoms. The molecular formula is C14H20N4O. The summed E-state index contributed by atoms with van der Waals surface area (Å²) in [6.07, 6.45) is 1.61. The largest absolute Gasteiger partial charge is 0.392 e. The van der Waals surface area contributed by atoms with Gasteiger partial charge in [0.15, 0.2) is 0 Å². The van der Waals surface area contributed by atoms with E-state index >= 15 is 0 Å². The summed E-state index contributed by atoms with van der Waals surface area (Å²) in [4.78, 5) is 8.91. The molecule has 0 aromatic carbocycles. The lowest BCUT2D eigenvalue weighted by atomic mass is 10.3. The molecule has 1 atom stereocenters. The van der Waals surface area contributed by atoms with Crippen molar-refractivity contribution in [1.82, 2.24) is 19.9 Å². The Kier molecular flexibility index (Phi) is 4.29. The Morgan fingerprint density at radius 1 is 1.32 bits per heavy atom. The molecule has 0 bridgehead atoms. The van der Waals surface area contributed by atoms with Gasteiger partial charge in [-0.25, -0.2) is 9.97 Å². The van der Waals surface area contributed by atoms with E-state index < -0.39 is 0 Å². The number of nitrogens with zero attached hydrogens (tertiary/aromatic N) is 3. The lowest BCUT2D eigenvalue weighted by Gasteiger charge is -2.11. The van der Waals surface area contributed by atoms with Crippen LogP contribution in [0, 0.1) is 13.8 Å². The van der Waals surface area contributed by atoms with Crippen molar-refractivity contribution >= 4 is 0 Å². The van der Waals surface area contributed by atoms with E-state index in [9.17, 15) is 5.11 Å². The fourth-order valence-corrected chi connectivity index (χ4v) is 1.98. The van der Waals surface area contributed by atoms with Crippen molar-refractivity contribution in [3.8, 4) is 5.95 Å². The summed E-state index contributed by atoms with van der Waals surface area (Å²) in [5, 5.41) is 12.4. The monoisotopic (exact) mass is 260 g/mol. The second-order valence-electron chi connectivity index (χ2n) is 4.80. The van der Waals surface area contributed by atoms with Crippen molar-refractivity contribution in [3.05, 3.63) is 41.5 Å². The summed E-state index contributed by atoms with van der Waals surface area (Å²) in [6, 6.07) is 5.95. The Hall–Kier alpha value is -1.72. The first-order chi connectivity index (χ1) is 9.06. The molecule has 0 fully saturated rings. The topological polar surface area (TPSA) is 63.0 Å². The van der Waals surface area contributed by atoms with Crippen molar-refractivity contribution in [1.29, 1.82) is 0 Å². The molecule has 0 saturated carbocycles. The minimum atomic E-state index is -0.346. The van der Waals surface area contributed by atoms with E-state index in [2.05, 4.69) is 15.3 Å². The van der Waals surface area contributed by atoms with E-state index in [1.165, 1.54) is 0 Å². The molecule has 5 nitrogen and oxygen atoms in total. The summed E-state index contributed by atoms with van der Waals surface area (Å²) in [7, 11) is 0. The Morgan fingerprint density at radius 3 is 2.63 bits per heavy atom. The highest BCUT2D eigenvalue weighted by molar-refractivity contribution is 5.24. The van der Waals surface area contributed by atoms with Crippen molar-refractivity contribution < 1.29 is 5.11 Å². The number of aliphatic hydroxyl groups is 1. The molecule has 1 unspecified atom stereocenters. The van der Waals surface area contributed by atoms with Gasteiger partial charge in [0.1, 0.15) is 0 Å². The molecule has 2 N–H and O–H groups in total. The fraction of sp³-hybridized carbons (Fsp3) is 0.429. The summed E-state index contributed by atoms with van der Waals surface area (Å²) in [5.41, 5.74) is 2.99. The third kappa shape index (κ3) is 3.62. The molecule has 2 aromatic rings. The van der Waals surface area contributed by atoms with Crippen LogP contribution in [0.25, 0.3) is 5.95 Å². The number of aromatic nitrogens is 3. The van der Waals surface area contributed by atoms with Crippen LogP contribution in [0.1, 0.15) is 24.0 Å².